The van der Waals surface area contributed by atoms with E-state index in [1.54, 1.807) is 26.3 Å². The Morgan fingerprint density at radius 1 is 0.852 bits per heavy atom. The standard InChI is InChI=1S/C5H5NO2.2C5H10O.2C4H8O.C3H6O.C3H6.C3H4.C2H3NO.C2H3NS.CH5N.CH4O.CH4S/c1-6-4(7)2-3-5(6)8;1-5-2-3-6-4-5;1-5-3-2-4-6-5;1-4-2-5-3-4;1-4-2-3-5-4;1-3-2-4-3;2*1-3-2;2*1-3-2-4;3*1-2/h2-3H,1H3;2*5H,2-4H2,1H3;2*4H,2-3H2,1H3;3H,2H2,1H3;3H,1H2,2H3;1H,2H3;2*1H3;2H2,1H3;2*2H,1H3. The van der Waals surface area contributed by atoms with E-state index in [0.717, 1.165) is 70.1 Å². The molecule has 6 heterocycles. The molecule has 6 rings (SSSR count). The number of aliphatic hydroxyl groups is 1. The average molecular weight is 809 g/mol. The van der Waals surface area contributed by atoms with Crippen molar-refractivity contribution in [1.29, 1.82) is 0 Å². The number of isocyanates is 1. The van der Waals surface area contributed by atoms with Gasteiger partial charge in [0.15, 0.2) is 0 Å². The number of imide groups is 1. The van der Waals surface area contributed by atoms with Gasteiger partial charge in [-0.15, -0.1) is 18.9 Å². The Hall–Kier alpha value is -2.57. The van der Waals surface area contributed by atoms with E-state index in [9.17, 15) is 9.59 Å². The van der Waals surface area contributed by atoms with Crippen molar-refractivity contribution in [3.05, 3.63) is 24.8 Å². The number of aliphatic hydroxyl groups excluding tert-OH is 1. The maximum absolute atomic E-state index is 10.4. The molecule has 0 saturated carbocycles. The number of thiocarbonyl (C=S) groups is 1. The van der Waals surface area contributed by atoms with Crippen molar-refractivity contribution in [3.8, 4) is 12.3 Å². The molecule has 54 heavy (non-hydrogen) atoms. The number of epoxide rings is 1. The molecule has 0 aliphatic carbocycles. The summed E-state index contributed by atoms with van der Waals surface area (Å²) in [5.41, 5.74) is 4.50. The van der Waals surface area contributed by atoms with Crippen LogP contribution in [-0.4, -0.2) is 139 Å². The maximum Gasteiger partial charge on any atom is 0.253 e. The fraction of sp³-hybridized carbons (Fsp3) is 0.744. The highest BCUT2D eigenvalue weighted by molar-refractivity contribution is 7.79. The molecule has 2 amide bonds. The van der Waals surface area contributed by atoms with E-state index in [-0.39, 0.29) is 11.8 Å². The number of allylic oxidation sites excluding steroid dienone is 1. The summed E-state index contributed by atoms with van der Waals surface area (Å²) in [5, 5.41) is 9.14. The Morgan fingerprint density at radius 2 is 1.20 bits per heavy atom. The van der Waals surface area contributed by atoms with Crippen LogP contribution in [0.2, 0.25) is 0 Å². The number of carbonyl (C=O) groups is 2. The van der Waals surface area contributed by atoms with Crippen molar-refractivity contribution in [2.45, 2.75) is 92.5 Å². The molecule has 3 N–H and O–H groups in total. The van der Waals surface area contributed by atoms with Crippen molar-refractivity contribution in [3.63, 3.8) is 0 Å². The molecule has 4 unspecified atom stereocenters. The van der Waals surface area contributed by atoms with Crippen LogP contribution in [0.25, 0.3) is 0 Å². The molecule has 6 aliphatic rings. The number of thiol groups is 1. The third-order valence-corrected chi connectivity index (χ3v) is 5.94. The molecular formula is C39H76N4O9S2. The van der Waals surface area contributed by atoms with Gasteiger partial charge in [0.25, 0.3) is 11.8 Å². The number of ether oxygens (including phenoxy) is 5. The molecule has 0 aromatic heterocycles. The summed E-state index contributed by atoms with van der Waals surface area (Å²) in [6.45, 7) is 24.5. The van der Waals surface area contributed by atoms with E-state index < -0.39 is 0 Å². The molecule has 318 valence electrons. The zero-order valence-electron chi connectivity index (χ0n) is 35.7. The summed E-state index contributed by atoms with van der Waals surface area (Å²) >= 11 is 7.66. The largest absolute Gasteiger partial charge is 0.400 e. The third kappa shape index (κ3) is 67.5. The molecule has 0 spiro atoms. The van der Waals surface area contributed by atoms with Gasteiger partial charge >= 0.3 is 0 Å². The van der Waals surface area contributed by atoms with E-state index >= 15 is 0 Å². The first-order valence-electron chi connectivity index (χ1n) is 17.7. The highest BCUT2D eigenvalue weighted by Crippen LogP contribution is 2.10. The van der Waals surface area contributed by atoms with Gasteiger partial charge in [-0.2, -0.15) is 12.6 Å². The Balaban J connectivity index is -0.0000000906. The number of rotatable bonds is 0. The number of hydrogen-bond acceptors (Lipinski definition) is 14. The summed E-state index contributed by atoms with van der Waals surface area (Å²) in [7, 11) is 6.92. The Labute approximate surface area is 340 Å². The molecule has 0 radical (unpaired) electrons. The lowest BCUT2D eigenvalue weighted by Crippen LogP contribution is -2.24. The number of amides is 2. The van der Waals surface area contributed by atoms with Crippen LogP contribution in [0.3, 0.4) is 0 Å². The second-order valence-electron chi connectivity index (χ2n) is 10.9. The molecule has 4 atom stereocenters. The minimum atomic E-state index is -0.241. The van der Waals surface area contributed by atoms with Gasteiger partial charge in [-0.25, -0.2) is 14.8 Å². The third-order valence-electron chi connectivity index (χ3n) is 5.76. The van der Waals surface area contributed by atoms with E-state index in [0.29, 0.717) is 18.3 Å². The molecule has 0 aromatic carbocycles. The van der Waals surface area contributed by atoms with Gasteiger partial charge in [0, 0.05) is 72.8 Å². The van der Waals surface area contributed by atoms with Gasteiger partial charge in [0.05, 0.1) is 43.3 Å². The minimum absolute atomic E-state index is 0.241. The normalized spacial score (nSPS) is 20.5. The minimum Gasteiger partial charge on any atom is -0.400 e. The Kier molecular flexibility index (Phi) is 73.3. The van der Waals surface area contributed by atoms with Crippen LogP contribution in [0, 0.1) is 24.2 Å². The second kappa shape index (κ2) is 59.7. The van der Waals surface area contributed by atoms with Crippen molar-refractivity contribution in [1.82, 2.24) is 4.90 Å². The van der Waals surface area contributed by atoms with Crippen LogP contribution >= 0.6 is 24.8 Å². The quantitative estimate of drug-likeness (QED) is 0.0391. The van der Waals surface area contributed by atoms with Crippen LogP contribution in [-0.2, 0) is 38.1 Å². The molecule has 6 aliphatic heterocycles. The van der Waals surface area contributed by atoms with Gasteiger partial charge in [0.1, 0.15) is 0 Å². The van der Waals surface area contributed by atoms with Crippen LogP contribution in [0.5, 0.6) is 0 Å². The van der Waals surface area contributed by atoms with Crippen molar-refractivity contribution >= 4 is 47.9 Å². The number of carbonyl (C=O) groups excluding carboxylic acids is 3. The van der Waals surface area contributed by atoms with Gasteiger partial charge in [-0.3, -0.25) is 14.5 Å². The topological polar surface area (TPSA) is 175 Å². The Morgan fingerprint density at radius 3 is 1.26 bits per heavy atom. The highest BCUT2D eigenvalue weighted by Gasteiger charge is 2.17. The summed E-state index contributed by atoms with van der Waals surface area (Å²) in [5.74, 6) is 3.44. The number of nitrogens with two attached hydrogens (primary N) is 1. The number of aliphatic imine (C=N–C) groups is 2. The molecule has 13 nitrogen and oxygen atoms in total. The van der Waals surface area contributed by atoms with E-state index in [2.05, 4.69) is 99.3 Å². The van der Waals surface area contributed by atoms with Gasteiger partial charge in [0.2, 0.25) is 6.08 Å². The lowest BCUT2D eigenvalue weighted by molar-refractivity contribution is -0.135. The lowest BCUT2D eigenvalue weighted by atomic mass is 10.2. The monoisotopic (exact) mass is 809 g/mol. The van der Waals surface area contributed by atoms with Gasteiger partial charge in [-0.05, 0) is 91.7 Å². The van der Waals surface area contributed by atoms with E-state index in [1.807, 2.05) is 6.92 Å². The van der Waals surface area contributed by atoms with Crippen molar-refractivity contribution in [2.24, 2.45) is 27.6 Å². The van der Waals surface area contributed by atoms with Gasteiger partial charge in [-0.1, -0.05) is 19.9 Å². The SMILES string of the molecule is C#CC.C=CC.CC1CCCO1.CC1CCO1.CC1CCOC1.CC1CO1.CC1COC1.CN.CN1C(=O)C=CC1=O.CN=C=O.CN=C=S.CO.CS. The number of isothiocyanates is 1. The molecular weight excluding hydrogens is 733 g/mol. The highest BCUT2D eigenvalue weighted by atomic mass is 32.1. The first-order chi connectivity index (χ1) is 25.8. The number of nitrogens with zero attached hydrogens (tertiary/aromatic N) is 3. The smallest absolute Gasteiger partial charge is 0.253 e. The molecule has 5 fully saturated rings. The fourth-order valence-electron chi connectivity index (χ4n) is 2.67. The lowest BCUT2D eigenvalue weighted by Gasteiger charge is -2.20. The molecule has 15 heteroatoms. The van der Waals surface area contributed by atoms with Crippen LogP contribution in [0.1, 0.15) is 74.1 Å². The molecule has 5 saturated heterocycles. The molecule has 0 aromatic rings. The Bertz CT molecular complexity index is 888. The summed E-state index contributed by atoms with van der Waals surface area (Å²) in [6.07, 6.45) is 18.6. The van der Waals surface area contributed by atoms with Crippen LogP contribution < -0.4 is 5.73 Å². The number of hydrogen-bond donors (Lipinski definition) is 3. The summed E-state index contributed by atoms with van der Waals surface area (Å²) in [4.78, 5) is 37.0. The number of likely N-dealkylation sites (N-methyl/N-ethyl adjacent to an activating group) is 1. The average Bonchev–Trinajstić information content (AvgIpc) is 3.44. The second-order valence-corrected chi connectivity index (χ2v) is 11.1. The van der Waals surface area contributed by atoms with E-state index in [4.69, 9.17) is 33.6 Å². The van der Waals surface area contributed by atoms with Crippen LogP contribution in [0.15, 0.2) is 34.8 Å². The zero-order valence-corrected chi connectivity index (χ0v) is 37.4. The first-order valence-corrected chi connectivity index (χ1v) is 19.0. The predicted molar refractivity (Wildman–Crippen MR) is 230 cm³/mol. The maximum atomic E-state index is 10.4. The van der Waals surface area contributed by atoms with E-state index in [1.165, 1.54) is 65.1 Å². The molecule has 0 bridgehead atoms. The predicted octanol–water partition coefficient (Wildman–Crippen LogP) is 5.85. The summed E-state index contributed by atoms with van der Waals surface area (Å²) < 4.78 is 24.7. The van der Waals surface area contributed by atoms with Crippen molar-refractivity contribution in [2.75, 3.05) is 87.8 Å². The van der Waals surface area contributed by atoms with Crippen molar-refractivity contribution < 1.29 is 43.2 Å². The first kappa shape index (κ1) is 66.3. The zero-order chi connectivity index (χ0) is 43.6. The summed E-state index contributed by atoms with van der Waals surface area (Å²) in [6, 6.07) is 0. The number of terminal acetylenes is 1. The fourth-order valence-corrected chi connectivity index (χ4v) is 2.67. The van der Waals surface area contributed by atoms with Gasteiger partial charge < -0.3 is 34.5 Å². The van der Waals surface area contributed by atoms with Crippen LogP contribution in [0.4, 0.5) is 0 Å².